The molecule has 0 aliphatic carbocycles. The third-order valence-corrected chi connectivity index (χ3v) is 6.28. The molecule has 0 saturated carbocycles. The molecule has 0 bridgehead atoms. The molecule has 182 valence electrons. The lowest BCUT2D eigenvalue weighted by Gasteiger charge is -2.34. The number of nitrogens with two attached hydrogens (primary N) is 1. The molecule has 10 heteroatoms. The third kappa shape index (κ3) is 4.78. The number of H-pyrrole nitrogens is 1. The molecule has 35 heavy (non-hydrogen) atoms. The van der Waals surface area contributed by atoms with Crippen molar-refractivity contribution >= 4 is 28.5 Å². The summed E-state index contributed by atoms with van der Waals surface area (Å²) in [5.41, 5.74) is 10.6. The number of amides is 1. The van der Waals surface area contributed by atoms with Gasteiger partial charge in [-0.15, -0.1) is 0 Å². The molecule has 0 unspecified atom stereocenters. The summed E-state index contributed by atoms with van der Waals surface area (Å²) in [4.78, 5) is 22.5. The second kappa shape index (κ2) is 9.67. The molecule has 3 aromatic heterocycles. The van der Waals surface area contributed by atoms with Crippen molar-refractivity contribution in [1.29, 1.82) is 0 Å². The quantitative estimate of drug-likeness (QED) is 0.389. The second-order valence-electron chi connectivity index (χ2n) is 8.76. The van der Waals surface area contributed by atoms with Crippen LogP contribution in [0.5, 0.6) is 11.5 Å². The van der Waals surface area contributed by atoms with Crippen molar-refractivity contribution in [3.63, 3.8) is 0 Å². The number of hydrogen-bond donors (Lipinski definition) is 3. The zero-order valence-electron chi connectivity index (χ0n) is 19.8. The number of carbonyl (C=O) groups is 1. The summed E-state index contributed by atoms with van der Waals surface area (Å²) in [5.74, 6) is 0.981. The highest BCUT2D eigenvalue weighted by Gasteiger charge is 2.25. The molecule has 4 heterocycles. The minimum atomic E-state index is -0.620. The Morgan fingerprint density at radius 1 is 1.31 bits per heavy atom. The van der Waals surface area contributed by atoms with E-state index in [0.717, 1.165) is 36.0 Å². The predicted molar refractivity (Wildman–Crippen MR) is 134 cm³/mol. The van der Waals surface area contributed by atoms with E-state index in [0.29, 0.717) is 35.9 Å². The van der Waals surface area contributed by atoms with Gasteiger partial charge in [0, 0.05) is 25.3 Å². The van der Waals surface area contributed by atoms with Crippen LogP contribution in [-0.2, 0) is 6.54 Å². The number of ether oxygens (including phenoxy) is 2. The number of pyridine rings is 1. The molecule has 0 spiro atoms. The van der Waals surface area contributed by atoms with Gasteiger partial charge in [-0.2, -0.15) is 5.10 Å². The molecule has 1 aliphatic rings. The Kier molecular flexibility index (Phi) is 6.28. The number of hydrogen-bond acceptors (Lipinski definition) is 7. The summed E-state index contributed by atoms with van der Waals surface area (Å²) in [6.07, 6.45) is 7.95. The van der Waals surface area contributed by atoms with Gasteiger partial charge >= 0.3 is 6.09 Å². The average Bonchev–Trinajstić information content (AvgIpc) is 3.46. The number of anilines is 2. The van der Waals surface area contributed by atoms with Gasteiger partial charge in [-0.25, -0.2) is 9.78 Å². The molecule has 1 aromatic carbocycles. The van der Waals surface area contributed by atoms with Gasteiger partial charge in [-0.3, -0.25) is 10.00 Å². The van der Waals surface area contributed by atoms with E-state index < -0.39 is 6.09 Å². The Morgan fingerprint density at radius 2 is 2.17 bits per heavy atom. The number of methoxy groups -OCH3 is 1. The maximum Gasteiger partial charge on any atom is 0.417 e. The Hall–Kier alpha value is -4.05. The van der Waals surface area contributed by atoms with E-state index in [4.69, 9.17) is 15.2 Å². The molecule has 1 fully saturated rings. The normalized spacial score (nSPS) is 15.9. The van der Waals surface area contributed by atoms with Crippen LogP contribution >= 0.6 is 0 Å². The van der Waals surface area contributed by atoms with E-state index in [1.54, 1.807) is 30.4 Å². The van der Waals surface area contributed by atoms with Crippen LogP contribution in [0.25, 0.3) is 11.0 Å². The van der Waals surface area contributed by atoms with Gasteiger partial charge in [0.2, 0.25) is 0 Å². The van der Waals surface area contributed by atoms with Crippen molar-refractivity contribution in [2.75, 3.05) is 30.4 Å². The second-order valence-corrected chi connectivity index (χ2v) is 8.76. The molecule has 0 radical (unpaired) electrons. The van der Waals surface area contributed by atoms with Gasteiger partial charge in [-0.05, 0) is 30.9 Å². The number of aryl methyl sites for hydroxylation is 1. The van der Waals surface area contributed by atoms with Crippen molar-refractivity contribution in [2.24, 2.45) is 5.73 Å². The van der Waals surface area contributed by atoms with Crippen LogP contribution in [0.1, 0.15) is 24.0 Å². The van der Waals surface area contributed by atoms with Gasteiger partial charge in [0.15, 0.2) is 11.5 Å². The minimum Gasteiger partial charge on any atom is -0.493 e. The SMILES string of the molecule is COc1cnc2[nH]cc(NC(=O)Oc3cnn(Cc4ccccc4C)c3)c2c1N1CCC[C@@H](N)C1. The van der Waals surface area contributed by atoms with Gasteiger partial charge in [0.25, 0.3) is 0 Å². The summed E-state index contributed by atoms with van der Waals surface area (Å²) < 4.78 is 12.9. The molecule has 10 nitrogen and oxygen atoms in total. The largest absolute Gasteiger partial charge is 0.493 e. The van der Waals surface area contributed by atoms with E-state index in [1.807, 2.05) is 12.1 Å². The lowest BCUT2D eigenvalue weighted by Crippen LogP contribution is -2.43. The highest BCUT2D eigenvalue weighted by molar-refractivity contribution is 6.07. The van der Waals surface area contributed by atoms with Crippen LogP contribution in [-0.4, -0.2) is 52.1 Å². The first-order chi connectivity index (χ1) is 17.0. The first-order valence-corrected chi connectivity index (χ1v) is 11.6. The maximum atomic E-state index is 12.8. The van der Waals surface area contributed by atoms with Crippen molar-refractivity contribution < 1.29 is 14.3 Å². The van der Waals surface area contributed by atoms with Gasteiger partial charge in [0.05, 0.1) is 49.0 Å². The molecule has 4 aromatic rings. The molecular formula is C25H29N7O3. The van der Waals surface area contributed by atoms with Gasteiger partial charge < -0.3 is 25.1 Å². The number of rotatable bonds is 6. The average molecular weight is 476 g/mol. The van der Waals surface area contributed by atoms with Crippen LogP contribution in [0, 0.1) is 6.92 Å². The lowest BCUT2D eigenvalue weighted by atomic mass is 10.0. The van der Waals surface area contributed by atoms with E-state index in [9.17, 15) is 4.79 Å². The van der Waals surface area contributed by atoms with Gasteiger partial charge in [0.1, 0.15) is 5.65 Å². The zero-order chi connectivity index (χ0) is 24.4. The number of nitrogens with zero attached hydrogens (tertiary/aromatic N) is 4. The zero-order valence-corrected chi connectivity index (χ0v) is 19.8. The Labute approximate surface area is 203 Å². The number of nitrogens with one attached hydrogen (secondary N) is 2. The number of fused-ring (bicyclic) bond motifs is 1. The molecule has 4 N–H and O–H groups in total. The summed E-state index contributed by atoms with van der Waals surface area (Å²) in [6, 6.07) is 8.18. The lowest BCUT2D eigenvalue weighted by molar-refractivity contribution is 0.215. The first-order valence-electron chi connectivity index (χ1n) is 11.6. The summed E-state index contributed by atoms with van der Waals surface area (Å²) in [5, 5.41) is 7.91. The van der Waals surface area contributed by atoms with Crippen molar-refractivity contribution in [2.45, 2.75) is 32.4 Å². The highest BCUT2D eigenvalue weighted by Crippen LogP contribution is 2.40. The van der Waals surface area contributed by atoms with Crippen LogP contribution in [0.3, 0.4) is 0 Å². The Bertz CT molecular complexity index is 1350. The molecular weight excluding hydrogens is 446 g/mol. The maximum absolute atomic E-state index is 12.8. The van der Waals surface area contributed by atoms with Crippen molar-refractivity contribution in [3.8, 4) is 11.5 Å². The standard InChI is InChI=1S/C25H29N7O3/c1-16-6-3-4-7-17(16)13-32-15-19(10-29-32)35-25(33)30-20-11-27-24-22(20)23(21(34-2)12-28-24)31-9-5-8-18(26)14-31/h3-4,6-7,10-12,15,18H,5,8-9,13-14,26H2,1-2H3,(H,27,28)(H,30,33)/t18-/m1/s1. The first kappa shape index (κ1) is 22.7. The molecule has 5 rings (SSSR count). The van der Waals surface area contributed by atoms with Crippen LogP contribution in [0.2, 0.25) is 0 Å². The smallest absolute Gasteiger partial charge is 0.417 e. The highest BCUT2D eigenvalue weighted by atomic mass is 16.6. The van der Waals surface area contributed by atoms with E-state index in [-0.39, 0.29) is 6.04 Å². The Morgan fingerprint density at radius 3 is 2.97 bits per heavy atom. The van der Waals surface area contributed by atoms with Crippen LogP contribution < -0.4 is 25.4 Å². The van der Waals surface area contributed by atoms with E-state index in [1.165, 1.54) is 11.8 Å². The predicted octanol–water partition coefficient (Wildman–Crippen LogP) is 3.66. The molecule has 1 amide bonds. The fourth-order valence-electron chi connectivity index (χ4n) is 4.52. The molecule has 1 saturated heterocycles. The Balaban J connectivity index is 1.35. The number of piperidine rings is 1. The fraction of sp³-hybridized carbons (Fsp3) is 0.320. The van der Waals surface area contributed by atoms with Crippen molar-refractivity contribution in [3.05, 3.63) is 60.2 Å². The summed E-state index contributed by atoms with van der Waals surface area (Å²) in [6.45, 7) is 4.19. The van der Waals surface area contributed by atoms with Crippen LogP contribution in [0.15, 0.2) is 49.1 Å². The number of aromatic amines is 1. The molecule has 1 atom stereocenters. The third-order valence-electron chi connectivity index (χ3n) is 6.28. The van der Waals surface area contributed by atoms with Crippen LogP contribution in [0.4, 0.5) is 16.2 Å². The summed E-state index contributed by atoms with van der Waals surface area (Å²) in [7, 11) is 1.61. The number of carbonyl (C=O) groups excluding carboxylic acids is 1. The monoisotopic (exact) mass is 475 g/mol. The number of benzene rings is 1. The summed E-state index contributed by atoms with van der Waals surface area (Å²) >= 11 is 0. The topological polar surface area (TPSA) is 123 Å². The van der Waals surface area contributed by atoms with Crippen molar-refractivity contribution in [1.82, 2.24) is 19.7 Å². The fourth-order valence-corrected chi connectivity index (χ4v) is 4.52. The van der Waals surface area contributed by atoms with Gasteiger partial charge in [-0.1, -0.05) is 24.3 Å². The van der Waals surface area contributed by atoms with E-state index >= 15 is 0 Å². The molecule has 1 aliphatic heterocycles. The minimum absolute atomic E-state index is 0.0770. The number of aromatic nitrogens is 4. The van der Waals surface area contributed by atoms with E-state index in [2.05, 4.69) is 44.3 Å².